The van der Waals surface area contributed by atoms with E-state index in [1.807, 2.05) is 27.7 Å². The van der Waals surface area contributed by atoms with E-state index in [0.717, 1.165) is 19.3 Å². The molecule has 2 unspecified atom stereocenters. The first-order chi connectivity index (χ1) is 9.11. The Labute approximate surface area is 120 Å². The first-order valence-corrected chi connectivity index (χ1v) is 7.17. The molecule has 1 saturated heterocycles. The molecule has 0 bridgehead atoms. The summed E-state index contributed by atoms with van der Waals surface area (Å²) in [6.45, 7) is 8.67. The average molecular weight is 283 g/mol. The number of rotatable bonds is 3. The van der Waals surface area contributed by atoms with Crippen molar-refractivity contribution < 1.29 is 19.1 Å². The fourth-order valence-electron chi connectivity index (χ4n) is 2.49. The molecule has 20 heavy (non-hydrogen) atoms. The van der Waals surface area contributed by atoms with Crippen LogP contribution in [-0.4, -0.2) is 40.2 Å². The van der Waals surface area contributed by atoms with Crippen molar-refractivity contribution in [3.63, 3.8) is 0 Å². The molecule has 1 aliphatic heterocycles. The van der Waals surface area contributed by atoms with E-state index in [0.29, 0.717) is 0 Å². The number of piperidine rings is 1. The fourth-order valence-corrected chi connectivity index (χ4v) is 2.49. The molecule has 1 amide bonds. The summed E-state index contributed by atoms with van der Waals surface area (Å²) in [6.07, 6.45) is 2.29. The SMILES string of the molecule is CC(=O)C(=O)CC1CCCC(C)N1C(=O)OC(C)(C)C. The number of nitrogens with zero attached hydrogens (tertiary/aromatic N) is 1. The summed E-state index contributed by atoms with van der Waals surface area (Å²) in [5.41, 5.74) is -0.566. The lowest BCUT2D eigenvalue weighted by molar-refractivity contribution is -0.136. The van der Waals surface area contributed by atoms with Gasteiger partial charge in [0.1, 0.15) is 5.60 Å². The molecule has 2 atom stereocenters. The highest BCUT2D eigenvalue weighted by Gasteiger charge is 2.36. The van der Waals surface area contributed by atoms with E-state index in [9.17, 15) is 14.4 Å². The second kappa shape index (κ2) is 6.37. The maximum atomic E-state index is 12.3. The van der Waals surface area contributed by atoms with E-state index in [4.69, 9.17) is 4.74 Å². The van der Waals surface area contributed by atoms with Crippen LogP contribution in [0, 0.1) is 0 Å². The minimum absolute atomic E-state index is 0.0309. The van der Waals surface area contributed by atoms with Crippen LogP contribution in [0.1, 0.15) is 60.3 Å². The summed E-state index contributed by atoms with van der Waals surface area (Å²) in [6, 6.07) is -0.201. The normalized spacial score (nSPS) is 23.4. The predicted molar refractivity (Wildman–Crippen MR) is 75.5 cm³/mol. The molecule has 0 aromatic heterocycles. The highest BCUT2D eigenvalue weighted by Crippen LogP contribution is 2.27. The summed E-state index contributed by atoms with van der Waals surface area (Å²) >= 11 is 0. The quantitative estimate of drug-likeness (QED) is 0.747. The van der Waals surface area contributed by atoms with Gasteiger partial charge < -0.3 is 9.64 Å². The van der Waals surface area contributed by atoms with E-state index < -0.39 is 23.3 Å². The van der Waals surface area contributed by atoms with Crippen LogP contribution in [0.2, 0.25) is 0 Å². The zero-order valence-corrected chi connectivity index (χ0v) is 13.1. The minimum Gasteiger partial charge on any atom is -0.444 e. The Kier molecular flexibility index (Phi) is 5.31. The van der Waals surface area contributed by atoms with Crippen LogP contribution in [0.25, 0.3) is 0 Å². The van der Waals surface area contributed by atoms with Gasteiger partial charge in [-0.25, -0.2) is 4.79 Å². The predicted octanol–water partition coefficient (Wildman–Crippen LogP) is 2.71. The molecule has 1 fully saturated rings. The monoisotopic (exact) mass is 283 g/mol. The van der Waals surface area contributed by atoms with Gasteiger partial charge in [-0.1, -0.05) is 0 Å². The van der Waals surface area contributed by atoms with E-state index in [1.54, 1.807) is 4.90 Å². The third-order valence-electron chi connectivity index (χ3n) is 3.45. The topological polar surface area (TPSA) is 63.7 Å². The highest BCUT2D eigenvalue weighted by atomic mass is 16.6. The number of ketones is 2. The third-order valence-corrected chi connectivity index (χ3v) is 3.45. The summed E-state index contributed by atoms with van der Waals surface area (Å²) in [5.74, 6) is -0.870. The zero-order chi connectivity index (χ0) is 15.5. The summed E-state index contributed by atoms with van der Waals surface area (Å²) in [7, 11) is 0. The highest BCUT2D eigenvalue weighted by molar-refractivity contribution is 6.36. The molecule has 0 radical (unpaired) electrons. The fraction of sp³-hybridized carbons (Fsp3) is 0.800. The van der Waals surface area contributed by atoms with Gasteiger partial charge >= 0.3 is 6.09 Å². The average Bonchev–Trinajstić information content (AvgIpc) is 2.26. The molecule has 0 aliphatic carbocycles. The van der Waals surface area contributed by atoms with Crippen LogP contribution >= 0.6 is 0 Å². The van der Waals surface area contributed by atoms with E-state index in [1.165, 1.54) is 6.92 Å². The molecule has 5 nitrogen and oxygen atoms in total. The number of ether oxygens (including phenoxy) is 1. The number of likely N-dealkylation sites (tertiary alicyclic amines) is 1. The van der Waals surface area contributed by atoms with Crippen LogP contribution in [0.3, 0.4) is 0 Å². The Bertz CT molecular complexity index is 397. The molecule has 0 spiro atoms. The first kappa shape index (κ1) is 16.7. The standard InChI is InChI=1S/C15H25NO4/c1-10-7-6-8-12(9-13(18)11(2)17)16(10)14(19)20-15(3,4)5/h10,12H,6-9H2,1-5H3. The number of Topliss-reactive ketones (excluding diaryl/α,β-unsaturated/α-hetero) is 2. The van der Waals surface area contributed by atoms with Gasteiger partial charge in [0, 0.05) is 25.4 Å². The van der Waals surface area contributed by atoms with Gasteiger partial charge in [0.25, 0.3) is 0 Å². The Morgan fingerprint density at radius 2 is 1.80 bits per heavy atom. The molecule has 0 N–H and O–H groups in total. The number of hydrogen-bond acceptors (Lipinski definition) is 4. The second-order valence-corrected chi connectivity index (χ2v) is 6.50. The summed E-state index contributed by atoms with van der Waals surface area (Å²) in [5, 5.41) is 0. The molecule has 1 heterocycles. The van der Waals surface area contributed by atoms with Crippen LogP contribution in [-0.2, 0) is 14.3 Å². The molecule has 1 rings (SSSR count). The number of carbonyl (C=O) groups is 3. The largest absolute Gasteiger partial charge is 0.444 e. The smallest absolute Gasteiger partial charge is 0.410 e. The molecular weight excluding hydrogens is 258 g/mol. The third kappa shape index (κ3) is 4.62. The first-order valence-electron chi connectivity index (χ1n) is 7.17. The van der Waals surface area contributed by atoms with Crippen LogP contribution in [0.4, 0.5) is 4.79 Å². The van der Waals surface area contributed by atoms with Crippen LogP contribution < -0.4 is 0 Å². The van der Waals surface area contributed by atoms with E-state index >= 15 is 0 Å². The Morgan fingerprint density at radius 1 is 1.20 bits per heavy atom. The summed E-state index contributed by atoms with van der Waals surface area (Å²) < 4.78 is 5.41. The Hall–Kier alpha value is -1.39. The van der Waals surface area contributed by atoms with Gasteiger partial charge in [-0.05, 0) is 47.0 Å². The van der Waals surface area contributed by atoms with Gasteiger partial charge in [-0.15, -0.1) is 0 Å². The number of hydrogen-bond donors (Lipinski definition) is 0. The lowest BCUT2D eigenvalue weighted by Gasteiger charge is -2.40. The van der Waals surface area contributed by atoms with E-state index in [-0.39, 0.29) is 18.5 Å². The lowest BCUT2D eigenvalue weighted by atomic mass is 9.93. The molecule has 1 aliphatic rings. The number of amides is 1. The van der Waals surface area contributed by atoms with Crippen LogP contribution in [0.15, 0.2) is 0 Å². The summed E-state index contributed by atoms with van der Waals surface area (Å²) in [4.78, 5) is 36.7. The van der Waals surface area contributed by atoms with Gasteiger partial charge in [-0.2, -0.15) is 0 Å². The molecule has 114 valence electrons. The van der Waals surface area contributed by atoms with Crippen molar-refractivity contribution in [3.8, 4) is 0 Å². The van der Waals surface area contributed by atoms with Gasteiger partial charge in [0.15, 0.2) is 11.6 Å². The Balaban J connectivity index is 2.82. The van der Waals surface area contributed by atoms with Crippen molar-refractivity contribution >= 4 is 17.7 Å². The molecule has 5 heteroatoms. The van der Waals surface area contributed by atoms with Crippen molar-refractivity contribution in [2.24, 2.45) is 0 Å². The van der Waals surface area contributed by atoms with Gasteiger partial charge in [0.2, 0.25) is 0 Å². The molecule has 0 aromatic carbocycles. The van der Waals surface area contributed by atoms with Crippen molar-refractivity contribution in [2.45, 2.75) is 78.0 Å². The lowest BCUT2D eigenvalue weighted by Crippen LogP contribution is -2.51. The Morgan fingerprint density at radius 3 is 2.30 bits per heavy atom. The zero-order valence-electron chi connectivity index (χ0n) is 13.1. The molecule has 0 saturated carbocycles. The van der Waals surface area contributed by atoms with Crippen molar-refractivity contribution in [2.75, 3.05) is 0 Å². The van der Waals surface area contributed by atoms with E-state index in [2.05, 4.69) is 0 Å². The minimum atomic E-state index is -0.566. The van der Waals surface area contributed by atoms with Crippen LogP contribution in [0.5, 0.6) is 0 Å². The van der Waals surface area contributed by atoms with Crippen molar-refractivity contribution in [1.82, 2.24) is 4.90 Å². The van der Waals surface area contributed by atoms with Gasteiger partial charge in [0.05, 0.1) is 0 Å². The van der Waals surface area contributed by atoms with Crippen molar-refractivity contribution in [3.05, 3.63) is 0 Å². The number of carbonyl (C=O) groups excluding carboxylic acids is 3. The second-order valence-electron chi connectivity index (χ2n) is 6.50. The van der Waals surface area contributed by atoms with Crippen molar-refractivity contribution in [1.29, 1.82) is 0 Å². The maximum absolute atomic E-state index is 12.3. The molecular formula is C15H25NO4. The maximum Gasteiger partial charge on any atom is 0.410 e. The van der Waals surface area contributed by atoms with Gasteiger partial charge in [-0.3, -0.25) is 9.59 Å². The molecule has 0 aromatic rings.